The Balaban J connectivity index is 3.01. The molecule has 196 valence electrons. The van der Waals surface area contributed by atoms with Crippen molar-refractivity contribution >= 4 is 23.9 Å². The Morgan fingerprint density at radius 3 is 1.94 bits per heavy atom. The minimum Gasteiger partial charge on any atom is -0.393 e. The topological polar surface area (TPSA) is 181 Å². The van der Waals surface area contributed by atoms with Gasteiger partial charge in [-0.15, -0.1) is 0 Å². The fourth-order valence-electron chi connectivity index (χ4n) is 3.32. The lowest BCUT2D eigenvalue weighted by atomic mass is 9.93. The average Bonchev–Trinajstić information content (AvgIpc) is 2.86. The largest absolute Gasteiger partial charge is 0.393 e. The fraction of sp³-hybridized carbons (Fsp3) is 0.625. The van der Waals surface area contributed by atoms with Crippen LogP contribution in [0.4, 0.5) is 0 Å². The third-order valence-electron chi connectivity index (χ3n) is 5.30. The quantitative estimate of drug-likeness (QED) is 0.146. The van der Waals surface area contributed by atoms with Crippen LogP contribution in [0.5, 0.6) is 0 Å². The highest BCUT2D eigenvalue weighted by Gasteiger charge is 2.32. The summed E-state index contributed by atoms with van der Waals surface area (Å²) >= 11 is 0. The highest BCUT2D eigenvalue weighted by Crippen LogP contribution is 2.27. The number of hydrogen-bond donors (Lipinski definition) is 4. The van der Waals surface area contributed by atoms with E-state index in [1.807, 2.05) is 0 Å². The lowest BCUT2D eigenvalue weighted by Crippen LogP contribution is -2.32. The van der Waals surface area contributed by atoms with E-state index in [2.05, 4.69) is 16.6 Å². The molecule has 3 atom stereocenters. The molecule has 0 spiro atoms. The molecule has 1 aromatic heterocycles. The second kappa shape index (κ2) is 16.8. The van der Waals surface area contributed by atoms with Gasteiger partial charge in [0.05, 0.1) is 24.5 Å². The first kappa shape index (κ1) is 30.3. The van der Waals surface area contributed by atoms with Crippen LogP contribution in [0.3, 0.4) is 0 Å². The van der Waals surface area contributed by atoms with Crippen LogP contribution < -0.4 is 0 Å². The van der Waals surface area contributed by atoms with Crippen molar-refractivity contribution in [2.24, 2.45) is 0 Å². The van der Waals surface area contributed by atoms with Crippen LogP contribution in [-0.2, 0) is 23.9 Å². The lowest BCUT2D eigenvalue weighted by molar-refractivity contribution is -0.168. The minimum absolute atomic E-state index is 0.108. The maximum absolute atomic E-state index is 12.8. The molecule has 4 N–H and O–H groups in total. The smallest absolute Gasteiger partial charge is 0.347 e. The Morgan fingerprint density at radius 2 is 1.37 bits per heavy atom. The zero-order valence-electron chi connectivity index (χ0n) is 19.9. The van der Waals surface area contributed by atoms with Crippen molar-refractivity contribution < 1.29 is 49.1 Å². The SMILES string of the molecule is CCCCCCCCCCC(C(=O)OC(=O)C(O)CO)c1ncccc1C(=O)OC(=O)C(O)CO. The summed E-state index contributed by atoms with van der Waals surface area (Å²) in [7, 11) is 0. The van der Waals surface area contributed by atoms with E-state index in [1.165, 1.54) is 24.8 Å². The molecule has 11 heteroatoms. The number of unbranched alkanes of at least 4 members (excludes halogenated alkanes) is 7. The van der Waals surface area contributed by atoms with Crippen LogP contribution in [-0.4, -0.2) is 74.7 Å². The van der Waals surface area contributed by atoms with Crippen molar-refractivity contribution in [1.29, 1.82) is 0 Å². The number of hydrogen-bond acceptors (Lipinski definition) is 11. The van der Waals surface area contributed by atoms with E-state index in [4.69, 9.17) is 14.9 Å². The van der Waals surface area contributed by atoms with E-state index in [1.54, 1.807) is 0 Å². The summed E-state index contributed by atoms with van der Waals surface area (Å²) in [4.78, 5) is 52.9. The molecule has 1 aromatic rings. The van der Waals surface area contributed by atoms with Crippen LogP contribution in [0, 0.1) is 0 Å². The molecule has 0 radical (unpaired) electrons. The monoisotopic (exact) mass is 497 g/mol. The molecule has 11 nitrogen and oxygen atoms in total. The second-order valence-electron chi connectivity index (χ2n) is 8.10. The molecule has 0 fully saturated rings. The Kier molecular flexibility index (Phi) is 14.6. The van der Waals surface area contributed by atoms with Crippen LogP contribution in [0.1, 0.15) is 86.7 Å². The van der Waals surface area contributed by atoms with E-state index in [9.17, 15) is 29.4 Å². The molecule has 0 amide bonds. The van der Waals surface area contributed by atoms with E-state index in [-0.39, 0.29) is 17.7 Å². The van der Waals surface area contributed by atoms with E-state index < -0.39 is 55.2 Å². The summed E-state index contributed by atoms with van der Waals surface area (Å²) in [5.41, 5.74) is -0.370. The van der Waals surface area contributed by atoms with Crippen molar-refractivity contribution in [3.8, 4) is 0 Å². The van der Waals surface area contributed by atoms with Crippen molar-refractivity contribution in [3.05, 3.63) is 29.6 Å². The van der Waals surface area contributed by atoms with Gasteiger partial charge in [-0.05, 0) is 18.6 Å². The normalized spacial score (nSPS) is 13.5. The number of aromatic nitrogens is 1. The van der Waals surface area contributed by atoms with Gasteiger partial charge in [-0.25, -0.2) is 14.4 Å². The summed E-state index contributed by atoms with van der Waals surface area (Å²) in [6.07, 6.45) is 5.49. The van der Waals surface area contributed by atoms with Gasteiger partial charge >= 0.3 is 23.9 Å². The lowest BCUT2D eigenvalue weighted by Gasteiger charge is -2.18. The first-order valence-corrected chi connectivity index (χ1v) is 11.8. The molecule has 0 aliphatic carbocycles. The maximum atomic E-state index is 12.8. The predicted molar refractivity (Wildman–Crippen MR) is 122 cm³/mol. The molecule has 3 unspecified atom stereocenters. The van der Waals surface area contributed by atoms with Crippen molar-refractivity contribution in [2.45, 2.75) is 82.8 Å². The molecule has 0 aromatic carbocycles. The Bertz CT molecular complexity index is 828. The molecule has 0 bridgehead atoms. The molecule has 1 heterocycles. The van der Waals surface area contributed by atoms with Gasteiger partial charge < -0.3 is 29.9 Å². The number of ether oxygens (including phenoxy) is 2. The van der Waals surface area contributed by atoms with Gasteiger partial charge in [0.15, 0.2) is 12.2 Å². The molecule has 0 saturated carbocycles. The van der Waals surface area contributed by atoms with E-state index >= 15 is 0 Å². The van der Waals surface area contributed by atoms with Gasteiger partial charge in [0.2, 0.25) is 0 Å². The van der Waals surface area contributed by atoms with Gasteiger partial charge in [0, 0.05) is 6.20 Å². The van der Waals surface area contributed by atoms with Crippen LogP contribution >= 0.6 is 0 Å². The molecular weight excluding hydrogens is 462 g/mol. The summed E-state index contributed by atoms with van der Waals surface area (Å²) in [6.45, 7) is 0.246. The third-order valence-corrected chi connectivity index (χ3v) is 5.30. The molecule has 0 aliphatic rings. The summed E-state index contributed by atoms with van der Waals surface area (Å²) in [5.74, 6) is -6.22. The molecule has 0 aliphatic heterocycles. The first-order valence-electron chi connectivity index (χ1n) is 11.8. The van der Waals surface area contributed by atoms with E-state index in [0.29, 0.717) is 6.42 Å². The Morgan fingerprint density at radius 1 is 0.829 bits per heavy atom. The Hall–Kier alpha value is -2.73. The highest BCUT2D eigenvalue weighted by molar-refractivity contribution is 6.00. The summed E-state index contributed by atoms with van der Waals surface area (Å²) in [6, 6.07) is 2.62. The van der Waals surface area contributed by atoms with Gasteiger partial charge in [0.1, 0.15) is 5.92 Å². The van der Waals surface area contributed by atoms with Crippen molar-refractivity contribution in [3.63, 3.8) is 0 Å². The molecule has 0 saturated heterocycles. The fourth-order valence-corrected chi connectivity index (χ4v) is 3.32. The third kappa shape index (κ3) is 10.6. The Labute approximate surface area is 204 Å². The minimum atomic E-state index is -1.92. The van der Waals surface area contributed by atoms with Crippen LogP contribution in [0.15, 0.2) is 18.3 Å². The van der Waals surface area contributed by atoms with Crippen molar-refractivity contribution in [1.82, 2.24) is 4.98 Å². The molecule has 35 heavy (non-hydrogen) atoms. The van der Waals surface area contributed by atoms with Gasteiger partial charge in [-0.1, -0.05) is 58.3 Å². The first-order chi connectivity index (χ1) is 16.8. The number of carbonyl (C=O) groups is 4. The standard InChI is InChI=1S/C24H35NO10/c1-2-3-4-5-6-7-8-9-11-16(21(30)34-23(32)18(28)14-26)20-17(12-10-13-25-20)22(31)35-24(33)19(29)15-27/h10,12-13,16,18-19,26-29H,2-9,11,14-15H2,1H3. The van der Waals surface area contributed by atoms with Crippen molar-refractivity contribution in [2.75, 3.05) is 13.2 Å². The average molecular weight is 498 g/mol. The van der Waals surface area contributed by atoms with Crippen LogP contribution in [0.2, 0.25) is 0 Å². The number of nitrogens with zero attached hydrogens (tertiary/aromatic N) is 1. The number of carbonyl (C=O) groups excluding carboxylic acids is 4. The number of rotatable bonds is 16. The number of pyridine rings is 1. The zero-order valence-corrected chi connectivity index (χ0v) is 19.9. The summed E-state index contributed by atoms with van der Waals surface area (Å²) in [5, 5.41) is 36.5. The van der Waals surface area contributed by atoms with E-state index in [0.717, 1.165) is 38.5 Å². The number of aliphatic hydroxyl groups excluding tert-OH is 4. The second-order valence-corrected chi connectivity index (χ2v) is 8.10. The maximum Gasteiger partial charge on any atom is 0.347 e. The number of aliphatic hydroxyl groups is 4. The highest BCUT2D eigenvalue weighted by atomic mass is 16.6. The van der Waals surface area contributed by atoms with Gasteiger partial charge in [0.25, 0.3) is 0 Å². The summed E-state index contributed by atoms with van der Waals surface area (Å²) < 4.78 is 9.26. The number of esters is 4. The van der Waals surface area contributed by atoms with Gasteiger partial charge in [-0.2, -0.15) is 0 Å². The molecule has 1 rings (SSSR count). The zero-order chi connectivity index (χ0) is 26.2. The van der Waals surface area contributed by atoms with Gasteiger partial charge in [-0.3, -0.25) is 9.78 Å². The predicted octanol–water partition coefficient (Wildman–Crippen LogP) is 1.16. The van der Waals surface area contributed by atoms with Crippen LogP contribution in [0.25, 0.3) is 0 Å². The molecular formula is C24H35NO10.